The maximum atomic E-state index is 12.9. The summed E-state index contributed by atoms with van der Waals surface area (Å²) < 4.78 is 173. The number of alkyl halides is 14. The van der Waals surface area contributed by atoms with Crippen molar-refractivity contribution in [3.05, 3.63) is 121 Å². The number of carbonyl (C=O) groups excluding carboxylic acids is 2. The van der Waals surface area contributed by atoms with E-state index in [0.717, 1.165) is 43.8 Å². The van der Waals surface area contributed by atoms with E-state index in [1.54, 1.807) is 0 Å². The van der Waals surface area contributed by atoms with Crippen LogP contribution in [0.3, 0.4) is 0 Å². The largest absolute Gasteiger partial charge is 2.00 e. The number of aromatic nitrogens is 8. The molecule has 3 aromatic heterocycles. The Balaban J connectivity index is 0.000000220. The van der Waals surface area contributed by atoms with E-state index in [4.69, 9.17) is 50.1 Å². The molecule has 2 aliphatic heterocycles. The molecule has 4 aromatic carbocycles. The molecule has 2 aliphatic rings. The van der Waals surface area contributed by atoms with Gasteiger partial charge in [-0.05, 0) is 21.5 Å². The smallest absolute Gasteiger partial charge is 0.506 e. The minimum Gasteiger partial charge on any atom is -0.506 e. The predicted molar refractivity (Wildman–Crippen MR) is 256 cm³/mol. The number of rotatable bonds is 6. The maximum absolute atomic E-state index is 12.9. The Morgan fingerprint density at radius 1 is 0.392 bits per heavy atom. The zero-order chi connectivity index (χ0) is 57.9. The van der Waals surface area contributed by atoms with E-state index in [1.807, 2.05) is 97.1 Å². The molecule has 0 aliphatic carbocycles. The first-order valence-corrected chi connectivity index (χ1v) is 22.5. The van der Waals surface area contributed by atoms with Gasteiger partial charge in [-0.3, -0.25) is 9.59 Å². The van der Waals surface area contributed by atoms with Crippen LogP contribution < -0.4 is 9.97 Å². The molecule has 0 radical (unpaired) electrons. The molecule has 2 N–H and O–H groups in total. The van der Waals surface area contributed by atoms with Crippen molar-refractivity contribution < 1.29 is 107 Å². The molecule has 0 atom stereocenters. The van der Waals surface area contributed by atoms with Gasteiger partial charge in [0.05, 0.1) is 23.3 Å². The summed E-state index contributed by atoms with van der Waals surface area (Å²) in [5.74, 6) is -30.3. The van der Waals surface area contributed by atoms with Crippen LogP contribution in [0.2, 0.25) is 0 Å². The van der Waals surface area contributed by atoms with Crippen LogP contribution in [0, 0.1) is 10.8 Å². The van der Waals surface area contributed by atoms with Gasteiger partial charge in [-0.2, -0.15) is 61.5 Å². The van der Waals surface area contributed by atoms with Gasteiger partial charge < -0.3 is 40.1 Å². The van der Waals surface area contributed by atoms with E-state index in [1.165, 1.54) is 41.5 Å². The normalized spacial score (nSPS) is 13.6. The summed E-state index contributed by atoms with van der Waals surface area (Å²) in [7, 11) is 0. The zero-order valence-electron chi connectivity index (χ0n) is 41.5. The number of benzene rings is 4. The Morgan fingerprint density at radius 3 is 0.810 bits per heavy atom. The summed E-state index contributed by atoms with van der Waals surface area (Å²) >= 11 is 0. The van der Waals surface area contributed by atoms with E-state index in [2.05, 4.69) is 0 Å². The van der Waals surface area contributed by atoms with Gasteiger partial charge in [0.1, 0.15) is 0 Å². The number of nitrogens with zero attached hydrogens (tertiary/aromatic N) is 8. The molecule has 12 nitrogen and oxygen atoms in total. The van der Waals surface area contributed by atoms with Gasteiger partial charge in [0.25, 0.3) is 0 Å². The number of allylic oxidation sites excluding steroid dienone is 4. The van der Waals surface area contributed by atoms with Gasteiger partial charge in [-0.25, -0.2) is 9.97 Å². The van der Waals surface area contributed by atoms with Crippen LogP contribution in [0.5, 0.6) is 0 Å². The fourth-order valence-electron chi connectivity index (χ4n) is 7.00. The molecule has 5 heterocycles. The molecule has 0 spiro atoms. The standard InChI is InChI=1S/C32H16N8.2C10H11F7O2.Zr/c1-2-10-18-17(9-1)25-33-26(18)38-28-21-13-5-6-14-22(21)30(35-28)40-32-24-16-8-7-15-23(24)31(36-32)39-29-20-12-4-3-11-19(20)27(34-29)37-25;2*1-7(2,3)5(18)4-6(19)8(11,12)9(13,14)10(15,16)17;/h1-16H;2*4,19H,1-3H3;/q-2;;;+2. The number of hydrogen-bond acceptors (Lipinski definition) is 10. The minimum atomic E-state index is -6.57. The fraction of sp³-hybridized carbons (Fsp3) is 0.269. The number of hydrogen-bond donors (Lipinski definition) is 2. The number of halogens is 14. The van der Waals surface area contributed by atoms with E-state index in [0.29, 0.717) is 45.9 Å². The van der Waals surface area contributed by atoms with Crippen LogP contribution in [0.15, 0.2) is 121 Å². The summed E-state index contributed by atoms with van der Waals surface area (Å²) in [6, 6.07) is 31.8. The number of carbonyl (C=O) groups is 2. The Bertz CT molecular complexity index is 3350. The van der Waals surface area contributed by atoms with Gasteiger partial charge >= 0.3 is 62.2 Å². The second kappa shape index (κ2) is 21.3. The molecule has 7 aromatic rings. The molecule has 412 valence electrons. The summed E-state index contributed by atoms with van der Waals surface area (Å²) in [6.07, 6.45) is -13.8. The van der Waals surface area contributed by atoms with E-state index in [9.17, 15) is 71.1 Å². The SMILES string of the molecule is CC(C)(C)C(=O)C=C(O)C(F)(F)C(F)(F)C(F)(F)F.CC(C)(C)C(=O)C=C(O)C(F)(F)C(F)(F)C(F)(F)F.[Zr+2].c1ccc2c(c1)-c1nc-2nc2[n-]c(nc3nc(nc4[n-]c(n1)c1ccccc41)-c1ccccc1-3)c1ccccc21. The number of aliphatic hydroxyl groups is 2. The number of ketones is 2. The van der Waals surface area contributed by atoms with Crippen LogP contribution in [-0.2, 0) is 35.8 Å². The Labute approximate surface area is 455 Å². The Hall–Kier alpha value is -7.44. The molecule has 0 unspecified atom stereocenters. The van der Waals surface area contributed by atoms with Gasteiger partial charge in [0.15, 0.2) is 23.1 Å². The summed E-state index contributed by atoms with van der Waals surface area (Å²) in [6.45, 7) is 7.24. The van der Waals surface area contributed by atoms with Crippen molar-refractivity contribution in [2.75, 3.05) is 0 Å². The van der Waals surface area contributed by atoms with Crippen molar-refractivity contribution in [2.24, 2.45) is 10.8 Å². The number of fused-ring (bicyclic) bond motifs is 20. The Morgan fingerprint density at radius 2 is 0.608 bits per heavy atom. The van der Waals surface area contributed by atoms with Crippen molar-refractivity contribution in [3.63, 3.8) is 0 Å². The summed E-state index contributed by atoms with van der Waals surface area (Å²) in [5.41, 5.74) is 3.14. The van der Waals surface area contributed by atoms with Crippen molar-refractivity contribution >= 4 is 55.7 Å². The Kier molecular flexibility index (Phi) is 16.4. The van der Waals surface area contributed by atoms with E-state index >= 15 is 0 Å². The van der Waals surface area contributed by atoms with Crippen LogP contribution in [0.1, 0.15) is 41.5 Å². The van der Waals surface area contributed by atoms with Crippen molar-refractivity contribution in [1.29, 1.82) is 0 Å². The first-order valence-electron chi connectivity index (χ1n) is 22.5. The molecular formula is C52H38F14N8O4Zr. The minimum absolute atomic E-state index is 0. The average Bonchev–Trinajstić information content (AvgIpc) is 4.17. The van der Waals surface area contributed by atoms with Gasteiger partial charge in [-0.1, -0.05) is 139 Å². The van der Waals surface area contributed by atoms with Crippen molar-refractivity contribution in [1.82, 2.24) is 39.9 Å². The average molecular weight is 1200 g/mol. The molecular weight excluding hydrogens is 1160 g/mol. The summed E-state index contributed by atoms with van der Waals surface area (Å²) in [4.78, 5) is 61.7. The zero-order valence-corrected chi connectivity index (χ0v) is 43.9. The second-order valence-electron chi connectivity index (χ2n) is 19.2. The van der Waals surface area contributed by atoms with Gasteiger partial charge in [-0.15, -0.1) is 0 Å². The monoisotopic (exact) mass is 1190 g/mol. The summed E-state index contributed by atoms with van der Waals surface area (Å²) in [5, 5.41) is 21.0. The molecule has 9 rings (SSSR count). The molecule has 0 amide bonds. The number of aliphatic hydroxyl groups excluding tert-OH is 2. The van der Waals surface area contributed by atoms with Crippen LogP contribution >= 0.6 is 0 Å². The molecule has 27 heteroatoms. The van der Waals surface area contributed by atoms with Crippen LogP contribution in [-0.4, -0.2) is 87.7 Å². The van der Waals surface area contributed by atoms with E-state index < -0.39 is 70.0 Å². The maximum Gasteiger partial charge on any atom is 2.00 e. The molecule has 0 fully saturated rings. The third-order valence-electron chi connectivity index (χ3n) is 11.5. The first-order chi connectivity index (χ1) is 35.9. The molecule has 0 saturated carbocycles. The first kappa shape index (κ1) is 60.8. The van der Waals surface area contributed by atoms with Crippen molar-refractivity contribution in [3.8, 4) is 45.6 Å². The molecule has 0 saturated heterocycles. The third-order valence-corrected chi connectivity index (χ3v) is 11.5. The van der Waals surface area contributed by atoms with Gasteiger partial charge in [0, 0.05) is 67.8 Å². The topological polar surface area (TPSA) is 180 Å². The van der Waals surface area contributed by atoms with E-state index in [-0.39, 0.29) is 38.4 Å². The molecule has 79 heavy (non-hydrogen) atoms. The van der Waals surface area contributed by atoms with Gasteiger partial charge in [0.2, 0.25) is 0 Å². The fourth-order valence-corrected chi connectivity index (χ4v) is 7.00. The quantitative estimate of drug-likeness (QED) is 0.0915. The molecule has 8 bridgehead atoms. The predicted octanol–water partition coefficient (Wildman–Crippen LogP) is 13.9. The van der Waals surface area contributed by atoms with Crippen LogP contribution in [0.25, 0.3) is 89.7 Å². The van der Waals surface area contributed by atoms with Crippen molar-refractivity contribution in [2.45, 2.75) is 77.6 Å². The van der Waals surface area contributed by atoms with Crippen LogP contribution in [0.4, 0.5) is 61.5 Å². The third kappa shape index (κ3) is 11.7. The second-order valence-corrected chi connectivity index (χ2v) is 19.2.